The minimum absolute atomic E-state index is 0.0729. The van der Waals surface area contributed by atoms with Crippen molar-refractivity contribution in [3.63, 3.8) is 0 Å². The standard InChI is InChI=1S/C24H32N2O5/c1-5-6-8-13-19(18-11-9-7-10-12-18)17(3)31-24(29)16(2)26-23(28)21-22(27)20(30-4)14-15-25-21/h7,9-12,14-17,19,27H,5-6,8,13H2,1-4H3,(H,26,28)/t16-,17-,19-/m0/s1. The summed E-state index contributed by atoms with van der Waals surface area (Å²) in [5.41, 5.74) is 0.912. The third kappa shape index (κ3) is 6.70. The van der Waals surface area contributed by atoms with Crippen molar-refractivity contribution in [2.75, 3.05) is 7.11 Å². The van der Waals surface area contributed by atoms with Gasteiger partial charge in [0.05, 0.1) is 7.11 Å². The molecule has 0 saturated heterocycles. The van der Waals surface area contributed by atoms with Gasteiger partial charge in [0.1, 0.15) is 12.1 Å². The SMILES string of the molecule is CCCCC[C@H](c1ccccc1)[C@H](C)OC(=O)[C@H](C)NC(=O)c1nccc(OC)c1O. The first-order valence-electron chi connectivity index (χ1n) is 10.7. The van der Waals surface area contributed by atoms with Crippen LogP contribution in [-0.2, 0) is 9.53 Å². The van der Waals surface area contributed by atoms with Crippen LogP contribution in [0.4, 0.5) is 0 Å². The number of carbonyl (C=O) groups is 2. The molecule has 0 aliphatic heterocycles. The Morgan fingerprint density at radius 2 is 1.84 bits per heavy atom. The number of esters is 1. The molecule has 0 spiro atoms. The first-order valence-corrected chi connectivity index (χ1v) is 10.7. The van der Waals surface area contributed by atoms with Crippen molar-refractivity contribution in [1.82, 2.24) is 10.3 Å². The smallest absolute Gasteiger partial charge is 0.328 e. The molecule has 7 heteroatoms. The fourth-order valence-electron chi connectivity index (χ4n) is 3.45. The van der Waals surface area contributed by atoms with Crippen LogP contribution in [0, 0.1) is 0 Å². The molecule has 2 N–H and O–H groups in total. The summed E-state index contributed by atoms with van der Waals surface area (Å²) in [5.74, 6) is -1.40. The largest absolute Gasteiger partial charge is 0.503 e. The number of nitrogens with one attached hydrogen (secondary N) is 1. The fraction of sp³-hybridized carbons (Fsp3) is 0.458. The highest BCUT2D eigenvalue weighted by Crippen LogP contribution is 2.29. The molecule has 7 nitrogen and oxygen atoms in total. The van der Waals surface area contributed by atoms with E-state index in [9.17, 15) is 14.7 Å². The summed E-state index contributed by atoms with van der Waals surface area (Å²) in [4.78, 5) is 29.0. The van der Waals surface area contributed by atoms with Crippen molar-refractivity contribution in [3.05, 3.63) is 53.9 Å². The molecule has 3 atom stereocenters. The summed E-state index contributed by atoms with van der Waals surface area (Å²) in [6.45, 7) is 5.57. The second kappa shape index (κ2) is 11.9. The number of rotatable bonds is 11. The molecule has 2 aromatic rings. The number of nitrogens with zero attached hydrogens (tertiary/aromatic N) is 1. The molecule has 0 radical (unpaired) electrons. The highest BCUT2D eigenvalue weighted by atomic mass is 16.5. The Hall–Kier alpha value is -3.09. The van der Waals surface area contributed by atoms with Crippen molar-refractivity contribution in [2.24, 2.45) is 0 Å². The van der Waals surface area contributed by atoms with Gasteiger partial charge in [-0.2, -0.15) is 0 Å². The molecule has 0 saturated carbocycles. The van der Waals surface area contributed by atoms with Crippen molar-refractivity contribution in [3.8, 4) is 11.5 Å². The Balaban J connectivity index is 2.03. The zero-order valence-corrected chi connectivity index (χ0v) is 18.6. The van der Waals surface area contributed by atoms with E-state index in [0.29, 0.717) is 0 Å². The zero-order valence-electron chi connectivity index (χ0n) is 18.6. The Labute approximate surface area is 183 Å². The predicted octanol–water partition coefficient (Wildman–Crippen LogP) is 4.21. The number of hydrogen-bond donors (Lipinski definition) is 2. The highest BCUT2D eigenvalue weighted by molar-refractivity contribution is 5.97. The topological polar surface area (TPSA) is 97.8 Å². The molecule has 1 aromatic carbocycles. The van der Waals surface area contributed by atoms with E-state index < -0.39 is 17.9 Å². The van der Waals surface area contributed by atoms with Crippen LogP contribution in [0.5, 0.6) is 11.5 Å². The number of methoxy groups -OCH3 is 1. The quantitative estimate of drug-likeness (QED) is 0.411. The average molecular weight is 429 g/mol. The number of hydrogen-bond acceptors (Lipinski definition) is 6. The maximum absolute atomic E-state index is 12.6. The molecule has 1 aromatic heterocycles. The maximum Gasteiger partial charge on any atom is 0.328 e. The second-order valence-electron chi connectivity index (χ2n) is 7.56. The molecule has 0 aliphatic carbocycles. The summed E-state index contributed by atoms with van der Waals surface area (Å²) < 4.78 is 10.7. The summed E-state index contributed by atoms with van der Waals surface area (Å²) >= 11 is 0. The molecule has 1 amide bonds. The van der Waals surface area contributed by atoms with Crippen LogP contribution in [0.2, 0.25) is 0 Å². The molecule has 0 bridgehead atoms. The maximum atomic E-state index is 12.6. The first kappa shape index (κ1) is 24.2. The van der Waals surface area contributed by atoms with Gasteiger partial charge >= 0.3 is 5.97 Å². The van der Waals surface area contributed by atoms with Crippen molar-refractivity contribution < 1.29 is 24.2 Å². The number of amides is 1. The second-order valence-corrected chi connectivity index (χ2v) is 7.56. The lowest BCUT2D eigenvalue weighted by atomic mass is 9.89. The molecule has 1 heterocycles. The molecular formula is C24H32N2O5. The van der Waals surface area contributed by atoms with Crippen LogP contribution in [0.1, 0.15) is 68.4 Å². The molecular weight excluding hydrogens is 396 g/mol. The number of aromatic hydroxyl groups is 1. The number of benzene rings is 1. The van der Waals surface area contributed by atoms with Crippen LogP contribution < -0.4 is 10.1 Å². The average Bonchev–Trinajstić information content (AvgIpc) is 2.77. The van der Waals surface area contributed by atoms with E-state index in [1.54, 1.807) is 6.92 Å². The third-order valence-corrected chi connectivity index (χ3v) is 5.24. The van der Waals surface area contributed by atoms with Gasteiger partial charge in [0.15, 0.2) is 17.2 Å². The van der Waals surface area contributed by atoms with Crippen molar-refractivity contribution in [2.45, 2.75) is 64.5 Å². The molecule has 0 fully saturated rings. The minimum atomic E-state index is -0.908. The van der Waals surface area contributed by atoms with Crippen LogP contribution in [0.25, 0.3) is 0 Å². The number of pyridine rings is 1. The lowest BCUT2D eigenvalue weighted by Gasteiger charge is -2.26. The highest BCUT2D eigenvalue weighted by Gasteiger charge is 2.27. The monoisotopic (exact) mass is 428 g/mol. The number of carbonyl (C=O) groups excluding carboxylic acids is 2. The molecule has 2 rings (SSSR count). The Morgan fingerprint density at radius 1 is 1.13 bits per heavy atom. The van der Waals surface area contributed by atoms with Crippen LogP contribution >= 0.6 is 0 Å². The lowest BCUT2D eigenvalue weighted by molar-refractivity contribution is -0.151. The zero-order chi connectivity index (χ0) is 22.8. The molecule has 168 valence electrons. The van der Waals surface area contributed by atoms with E-state index in [4.69, 9.17) is 9.47 Å². The van der Waals surface area contributed by atoms with Gasteiger partial charge in [-0.3, -0.25) is 4.79 Å². The lowest BCUT2D eigenvalue weighted by Crippen LogP contribution is -2.41. The van der Waals surface area contributed by atoms with Gasteiger partial charge in [-0.1, -0.05) is 56.5 Å². The van der Waals surface area contributed by atoms with Crippen molar-refractivity contribution in [1.29, 1.82) is 0 Å². The summed E-state index contributed by atoms with van der Waals surface area (Å²) in [5, 5.41) is 12.6. The predicted molar refractivity (Wildman–Crippen MR) is 118 cm³/mol. The van der Waals surface area contributed by atoms with Gasteiger partial charge in [0.25, 0.3) is 5.91 Å². The first-order chi connectivity index (χ1) is 14.9. The molecule has 31 heavy (non-hydrogen) atoms. The Kier molecular flexibility index (Phi) is 9.31. The van der Waals surface area contributed by atoms with E-state index in [1.807, 2.05) is 37.3 Å². The summed E-state index contributed by atoms with van der Waals surface area (Å²) in [6, 6.07) is 10.5. The molecule has 0 unspecified atom stereocenters. The van der Waals surface area contributed by atoms with Gasteiger partial charge in [0, 0.05) is 18.2 Å². The van der Waals surface area contributed by atoms with Gasteiger partial charge in [-0.15, -0.1) is 0 Å². The minimum Gasteiger partial charge on any atom is -0.503 e. The summed E-state index contributed by atoms with van der Waals surface area (Å²) in [7, 11) is 1.38. The van der Waals surface area contributed by atoms with E-state index in [-0.39, 0.29) is 29.2 Å². The fourth-order valence-corrected chi connectivity index (χ4v) is 3.45. The third-order valence-electron chi connectivity index (χ3n) is 5.24. The van der Waals surface area contributed by atoms with Gasteiger partial charge in [0.2, 0.25) is 0 Å². The van der Waals surface area contributed by atoms with Gasteiger partial charge < -0.3 is 19.9 Å². The van der Waals surface area contributed by atoms with Crippen LogP contribution in [0.3, 0.4) is 0 Å². The van der Waals surface area contributed by atoms with E-state index in [0.717, 1.165) is 31.2 Å². The van der Waals surface area contributed by atoms with Crippen molar-refractivity contribution >= 4 is 11.9 Å². The van der Waals surface area contributed by atoms with Crippen LogP contribution in [0.15, 0.2) is 42.6 Å². The van der Waals surface area contributed by atoms with Gasteiger partial charge in [-0.25, -0.2) is 9.78 Å². The Bertz CT molecular complexity index is 856. The van der Waals surface area contributed by atoms with Gasteiger partial charge in [-0.05, 0) is 25.8 Å². The normalized spacial score (nSPS) is 13.7. The Morgan fingerprint density at radius 3 is 2.48 bits per heavy atom. The van der Waals surface area contributed by atoms with E-state index in [2.05, 4.69) is 17.2 Å². The van der Waals surface area contributed by atoms with E-state index in [1.165, 1.54) is 19.4 Å². The summed E-state index contributed by atoms with van der Waals surface area (Å²) in [6.07, 6.45) is 5.19. The number of unbranched alkanes of at least 4 members (excludes halogenated alkanes) is 2. The molecule has 0 aliphatic rings. The number of aromatic nitrogens is 1. The van der Waals surface area contributed by atoms with Crippen LogP contribution in [-0.4, -0.2) is 41.2 Å². The van der Waals surface area contributed by atoms with E-state index >= 15 is 0 Å². The number of ether oxygens (including phenoxy) is 2.